The van der Waals surface area contributed by atoms with Crippen molar-refractivity contribution in [2.75, 3.05) is 5.43 Å². The van der Waals surface area contributed by atoms with Crippen LogP contribution >= 0.6 is 0 Å². The number of aryl methyl sites for hydroxylation is 1. The molecule has 4 N–H and O–H groups in total. The molecule has 0 radical (unpaired) electrons. The van der Waals surface area contributed by atoms with Gasteiger partial charge in [0.25, 0.3) is 5.91 Å². The quantitative estimate of drug-likeness (QED) is 0.499. The summed E-state index contributed by atoms with van der Waals surface area (Å²) in [4.78, 5) is 15.8. The van der Waals surface area contributed by atoms with Crippen LogP contribution in [-0.2, 0) is 0 Å². The number of nitrogens with one attached hydrogen (secondary N) is 2. The van der Waals surface area contributed by atoms with E-state index in [0.29, 0.717) is 17.3 Å². The lowest BCUT2D eigenvalue weighted by Gasteiger charge is -2.09. The highest BCUT2D eigenvalue weighted by molar-refractivity contribution is 5.99. The van der Waals surface area contributed by atoms with Crippen LogP contribution in [-0.4, -0.2) is 16.9 Å². The SMILES string of the molecule is Cc1cc(NN)c(C(=O)NC2CC2)cn1. The summed E-state index contributed by atoms with van der Waals surface area (Å²) in [5.41, 5.74) is 4.44. The maximum absolute atomic E-state index is 11.7. The molecule has 1 aliphatic carbocycles. The molecular weight excluding hydrogens is 192 g/mol. The van der Waals surface area contributed by atoms with Gasteiger partial charge in [0, 0.05) is 17.9 Å². The number of carbonyl (C=O) groups excluding carboxylic acids is 1. The van der Waals surface area contributed by atoms with Gasteiger partial charge >= 0.3 is 0 Å². The summed E-state index contributed by atoms with van der Waals surface area (Å²) in [7, 11) is 0. The first-order chi connectivity index (χ1) is 7.20. The van der Waals surface area contributed by atoms with Crippen LogP contribution in [0.15, 0.2) is 12.3 Å². The topological polar surface area (TPSA) is 80.0 Å². The minimum Gasteiger partial charge on any atom is -0.349 e. The number of nitrogens with two attached hydrogens (primary N) is 1. The summed E-state index contributed by atoms with van der Waals surface area (Å²) >= 11 is 0. The third kappa shape index (κ3) is 2.24. The van der Waals surface area contributed by atoms with Crippen molar-refractivity contribution in [2.45, 2.75) is 25.8 Å². The predicted octanol–water partition coefficient (Wildman–Crippen LogP) is 0.568. The van der Waals surface area contributed by atoms with Crippen molar-refractivity contribution in [2.24, 2.45) is 5.84 Å². The predicted molar refractivity (Wildman–Crippen MR) is 57.3 cm³/mol. The van der Waals surface area contributed by atoms with Gasteiger partial charge in [0.2, 0.25) is 0 Å². The molecule has 5 nitrogen and oxygen atoms in total. The molecule has 0 aromatic carbocycles. The Labute approximate surface area is 88.0 Å². The molecule has 1 aromatic rings. The first-order valence-corrected chi connectivity index (χ1v) is 4.95. The third-order valence-electron chi connectivity index (χ3n) is 2.35. The fourth-order valence-electron chi connectivity index (χ4n) is 1.35. The highest BCUT2D eigenvalue weighted by Gasteiger charge is 2.24. The largest absolute Gasteiger partial charge is 0.349 e. The van der Waals surface area contributed by atoms with Crippen LogP contribution < -0.4 is 16.6 Å². The van der Waals surface area contributed by atoms with Crippen molar-refractivity contribution in [1.82, 2.24) is 10.3 Å². The summed E-state index contributed by atoms with van der Waals surface area (Å²) in [6.45, 7) is 1.85. The molecule has 0 bridgehead atoms. The summed E-state index contributed by atoms with van der Waals surface area (Å²) in [6, 6.07) is 2.09. The van der Waals surface area contributed by atoms with Gasteiger partial charge in [-0.1, -0.05) is 0 Å². The number of amides is 1. The second-order valence-electron chi connectivity index (χ2n) is 3.76. The van der Waals surface area contributed by atoms with E-state index in [2.05, 4.69) is 15.7 Å². The molecule has 1 saturated carbocycles. The van der Waals surface area contributed by atoms with E-state index in [-0.39, 0.29) is 5.91 Å². The average molecular weight is 206 g/mol. The number of rotatable bonds is 3. The number of carbonyl (C=O) groups is 1. The number of hydrazine groups is 1. The van der Waals surface area contributed by atoms with Gasteiger partial charge < -0.3 is 10.7 Å². The Morgan fingerprint density at radius 1 is 1.60 bits per heavy atom. The van der Waals surface area contributed by atoms with Crippen molar-refractivity contribution >= 4 is 11.6 Å². The van der Waals surface area contributed by atoms with Gasteiger partial charge in [0.05, 0.1) is 11.3 Å². The molecular formula is C10H14N4O. The van der Waals surface area contributed by atoms with Crippen LogP contribution in [0.2, 0.25) is 0 Å². The van der Waals surface area contributed by atoms with Crippen LogP contribution in [0.5, 0.6) is 0 Å². The Hall–Kier alpha value is -1.62. The second-order valence-corrected chi connectivity index (χ2v) is 3.76. The van der Waals surface area contributed by atoms with Gasteiger partial charge in [0.1, 0.15) is 0 Å². The minimum atomic E-state index is -0.113. The molecule has 0 atom stereocenters. The number of nitrogens with zero attached hydrogens (tertiary/aromatic N) is 1. The molecule has 5 heteroatoms. The van der Waals surface area contributed by atoms with E-state index in [0.717, 1.165) is 18.5 Å². The van der Waals surface area contributed by atoms with Gasteiger partial charge in [0.15, 0.2) is 0 Å². The van der Waals surface area contributed by atoms with E-state index < -0.39 is 0 Å². The Morgan fingerprint density at radius 2 is 2.33 bits per heavy atom. The Bertz CT molecular complexity index is 387. The lowest BCUT2D eigenvalue weighted by atomic mass is 10.2. The second kappa shape index (κ2) is 3.86. The van der Waals surface area contributed by atoms with E-state index in [4.69, 9.17) is 5.84 Å². The molecule has 2 rings (SSSR count). The molecule has 1 heterocycles. The Balaban J connectivity index is 2.21. The summed E-state index contributed by atoms with van der Waals surface area (Å²) in [6.07, 6.45) is 3.68. The van der Waals surface area contributed by atoms with Crippen LogP contribution in [0.25, 0.3) is 0 Å². The number of pyridine rings is 1. The average Bonchev–Trinajstić information content (AvgIpc) is 3.01. The molecule has 80 valence electrons. The standard InChI is InChI=1S/C10H14N4O/c1-6-4-9(14-11)8(5-12-6)10(15)13-7-2-3-7/h4-5,7H,2-3,11H2,1H3,(H,12,14)(H,13,15). The molecule has 0 spiro atoms. The van der Waals surface area contributed by atoms with E-state index in [1.807, 2.05) is 6.92 Å². The van der Waals surface area contributed by atoms with E-state index in [1.54, 1.807) is 12.3 Å². The van der Waals surface area contributed by atoms with Gasteiger partial charge in [-0.25, -0.2) is 0 Å². The molecule has 0 saturated heterocycles. The van der Waals surface area contributed by atoms with Gasteiger partial charge in [-0.3, -0.25) is 15.6 Å². The lowest BCUT2D eigenvalue weighted by Crippen LogP contribution is -2.27. The number of hydrogen-bond donors (Lipinski definition) is 3. The summed E-state index contributed by atoms with van der Waals surface area (Å²) < 4.78 is 0. The van der Waals surface area contributed by atoms with Crippen LogP contribution in [0.3, 0.4) is 0 Å². The normalized spacial score (nSPS) is 14.8. The van der Waals surface area contributed by atoms with Crippen LogP contribution in [0, 0.1) is 6.92 Å². The number of aromatic nitrogens is 1. The maximum Gasteiger partial charge on any atom is 0.255 e. The Kier molecular flexibility index (Phi) is 2.55. The zero-order valence-corrected chi connectivity index (χ0v) is 8.58. The van der Waals surface area contributed by atoms with Gasteiger partial charge in [-0.2, -0.15) is 0 Å². The summed E-state index contributed by atoms with van der Waals surface area (Å²) in [5.74, 6) is 5.23. The van der Waals surface area contributed by atoms with E-state index in [9.17, 15) is 4.79 Å². The first kappa shape index (κ1) is 9.92. The van der Waals surface area contributed by atoms with Crippen molar-refractivity contribution in [3.05, 3.63) is 23.5 Å². The molecule has 1 aliphatic rings. The van der Waals surface area contributed by atoms with Crippen LogP contribution in [0.1, 0.15) is 28.9 Å². The monoisotopic (exact) mass is 206 g/mol. The van der Waals surface area contributed by atoms with Crippen LogP contribution in [0.4, 0.5) is 5.69 Å². The highest BCUT2D eigenvalue weighted by Crippen LogP contribution is 2.21. The summed E-state index contributed by atoms with van der Waals surface area (Å²) in [5, 5.41) is 2.89. The van der Waals surface area contributed by atoms with Crippen molar-refractivity contribution in [3.63, 3.8) is 0 Å². The Morgan fingerprint density at radius 3 is 2.93 bits per heavy atom. The zero-order valence-electron chi connectivity index (χ0n) is 8.58. The zero-order chi connectivity index (χ0) is 10.8. The maximum atomic E-state index is 11.7. The van der Waals surface area contributed by atoms with Gasteiger partial charge in [-0.05, 0) is 25.8 Å². The van der Waals surface area contributed by atoms with E-state index in [1.165, 1.54) is 0 Å². The van der Waals surface area contributed by atoms with Gasteiger partial charge in [-0.15, -0.1) is 0 Å². The first-order valence-electron chi connectivity index (χ1n) is 4.95. The highest BCUT2D eigenvalue weighted by atomic mass is 16.1. The van der Waals surface area contributed by atoms with E-state index >= 15 is 0 Å². The molecule has 15 heavy (non-hydrogen) atoms. The number of anilines is 1. The van der Waals surface area contributed by atoms with Crippen molar-refractivity contribution in [1.29, 1.82) is 0 Å². The van der Waals surface area contributed by atoms with Crippen molar-refractivity contribution in [3.8, 4) is 0 Å². The molecule has 1 aromatic heterocycles. The fourth-order valence-corrected chi connectivity index (χ4v) is 1.35. The smallest absolute Gasteiger partial charge is 0.255 e. The number of nitrogen functional groups attached to an aromatic ring is 1. The lowest BCUT2D eigenvalue weighted by molar-refractivity contribution is 0.0951. The molecule has 1 amide bonds. The van der Waals surface area contributed by atoms with Crippen molar-refractivity contribution < 1.29 is 4.79 Å². The third-order valence-corrected chi connectivity index (χ3v) is 2.35. The molecule has 1 fully saturated rings. The fraction of sp³-hybridized carbons (Fsp3) is 0.400. The molecule has 0 aliphatic heterocycles. The minimum absolute atomic E-state index is 0.113. The molecule has 0 unspecified atom stereocenters. The number of hydrogen-bond acceptors (Lipinski definition) is 4.